The average molecular weight is 658 g/mol. The van der Waals surface area contributed by atoms with E-state index in [-0.39, 0.29) is 32.1 Å². The number of ether oxygens (including phenoxy) is 1. The van der Waals surface area contributed by atoms with E-state index in [0.717, 1.165) is 13.1 Å². The van der Waals surface area contributed by atoms with E-state index < -0.39 is 46.8 Å². The second-order valence-electron chi connectivity index (χ2n) is 11.5. The maximum absolute atomic E-state index is 14.1. The van der Waals surface area contributed by atoms with Crippen LogP contribution in [0.5, 0.6) is 0 Å². The first-order valence-electron chi connectivity index (χ1n) is 14.8. The number of nitrogens with one attached hydrogen (secondary N) is 1. The van der Waals surface area contributed by atoms with Gasteiger partial charge >= 0.3 is 12.4 Å². The summed E-state index contributed by atoms with van der Waals surface area (Å²) in [4.78, 5) is 27.7. The average Bonchev–Trinajstić information content (AvgIpc) is 3.40. The zero-order valence-electron chi connectivity index (χ0n) is 25.1. The van der Waals surface area contributed by atoms with E-state index in [9.17, 15) is 35.5 Å². The number of morpholine rings is 1. The van der Waals surface area contributed by atoms with Crippen LogP contribution in [0, 0.1) is 5.82 Å². The number of amides is 1. The molecule has 2 aromatic carbocycles. The standard InChI is InChI=1S/C31H34F7N5O3/c1-20(40-46-11-8-41-6-9-45-10-7-41)18-42-4-5-43(26(19-42)14-22-17-39-28-3-2-25(32)16-27(22)28)29(44)21-12-23(30(33,34)35)15-24(13-21)31(36,37)38/h2-3,12-13,15-17,26,39H,4-11,14,18-19H2,1H3. The molecule has 1 amide bonds. The third kappa shape index (κ3) is 8.36. The molecule has 2 aliphatic heterocycles. The molecule has 0 aliphatic carbocycles. The van der Waals surface area contributed by atoms with Crippen LogP contribution in [-0.4, -0.2) is 103 Å². The van der Waals surface area contributed by atoms with Gasteiger partial charge < -0.3 is 19.5 Å². The van der Waals surface area contributed by atoms with Crippen LogP contribution in [0.4, 0.5) is 30.7 Å². The number of oxime groups is 1. The Bertz CT molecular complexity index is 1520. The fraction of sp³-hybridized carbons (Fsp3) is 0.484. The van der Waals surface area contributed by atoms with Crippen molar-refractivity contribution in [3.63, 3.8) is 0 Å². The number of halogens is 7. The van der Waals surface area contributed by atoms with Gasteiger partial charge in [0.05, 0.1) is 30.1 Å². The van der Waals surface area contributed by atoms with Gasteiger partial charge in [0.2, 0.25) is 0 Å². The van der Waals surface area contributed by atoms with Crippen molar-refractivity contribution in [1.29, 1.82) is 0 Å². The van der Waals surface area contributed by atoms with Crippen LogP contribution in [0.15, 0.2) is 47.8 Å². The Hall–Kier alpha value is -3.69. The van der Waals surface area contributed by atoms with Gasteiger partial charge in [-0.1, -0.05) is 5.16 Å². The number of benzene rings is 2. The summed E-state index contributed by atoms with van der Waals surface area (Å²) in [5.74, 6) is -1.43. The number of fused-ring (bicyclic) bond motifs is 1. The Kier molecular flexibility index (Phi) is 10.2. The highest BCUT2D eigenvalue weighted by molar-refractivity contribution is 5.95. The molecule has 2 fully saturated rings. The SMILES string of the molecule is CC(CN1CCN(C(=O)c2cc(C(F)(F)F)cc(C(F)(F)F)c2)C(Cc2c[nH]c3ccc(F)cc23)C1)=NOCCN1CCOCC1. The van der Waals surface area contributed by atoms with Crippen molar-refractivity contribution in [2.75, 3.05) is 65.6 Å². The molecule has 5 rings (SSSR count). The number of hydrogen-bond acceptors (Lipinski definition) is 6. The number of H-pyrrole nitrogens is 1. The number of piperazine rings is 1. The first kappa shape index (κ1) is 33.7. The van der Waals surface area contributed by atoms with Crippen molar-refractivity contribution in [3.05, 3.63) is 70.7 Å². The van der Waals surface area contributed by atoms with Crippen molar-refractivity contribution >= 4 is 22.5 Å². The van der Waals surface area contributed by atoms with Gasteiger partial charge in [-0.2, -0.15) is 26.3 Å². The van der Waals surface area contributed by atoms with Crippen LogP contribution in [-0.2, 0) is 28.3 Å². The first-order valence-corrected chi connectivity index (χ1v) is 14.8. The van der Waals surface area contributed by atoms with Gasteiger partial charge in [-0.25, -0.2) is 4.39 Å². The lowest BCUT2D eigenvalue weighted by Gasteiger charge is -2.41. The molecule has 0 saturated carbocycles. The minimum atomic E-state index is -5.09. The predicted octanol–water partition coefficient (Wildman–Crippen LogP) is 5.44. The predicted molar refractivity (Wildman–Crippen MR) is 156 cm³/mol. The summed E-state index contributed by atoms with van der Waals surface area (Å²) in [6, 6.07) is 4.42. The minimum Gasteiger partial charge on any atom is -0.394 e. The van der Waals surface area contributed by atoms with Crippen LogP contribution in [0.1, 0.15) is 34.0 Å². The molecule has 1 unspecified atom stereocenters. The molecule has 1 aromatic heterocycles. The van der Waals surface area contributed by atoms with Gasteiger partial charge in [0.15, 0.2) is 0 Å². The van der Waals surface area contributed by atoms with Crippen LogP contribution >= 0.6 is 0 Å². The maximum atomic E-state index is 14.1. The third-order valence-electron chi connectivity index (χ3n) is 8.12. The molecule has 0 spiro atoms. The van der Waals surface area contributed by atoms with Gasteiger partial charge in [0.1, 0.15) is 12.4 Å². The Balaban J connectivity index is 1.36. The molecule has 3 aromatic rings. The van der Waals surface area contributed by atoms with Crippen LogP contribution in [0.2, 0.25) is 0 Å². The van der Waals surface area contributed by atoms with E-state index in [4.69, 9.17) is 9.57 Å². The largest absolute Gasteiger partial charge is 0.416 e. The Morgan fingerprint density at radius 1 is 0.978 bits per heavy atom. The Morgan fingerprint density at radius 3 is 2.35 bits per heavy atom. The molecule has 46 heavy (non-hydrogen) atoms. The number of nitrogens with zero attached hydrogens (tertiary/aromatic N) is 4. The van der Waals surface area contributed by atoms with Crippen molar-refractivity contribution in [1.82, 2.24) is 19.7 Å². The molecule has 15 heteroatoms. The maximum Gasteiger partial charge on any atom is 0.416 e. The highest BCUT2D eigenvalue weighted by atomic mass is 19.4. The number of hydrogen-bond donors (Lipinski definition) is 1. The number of carbonyl (C=O) groups excluding carboxylic acids is 1. The number of aromatic nitrogens is 1. The summed E-state index contributed by atoms with van der Waals surface area (Å²) in [5, 5.41) is 4.76. The van der Waals surface area contributed by atoms with E-state index in [1.807, 2.05) is 4.90 Å². The molecule has 2 saturated heterocycles. The van der Waals surface area contributed by atoms with E-state index in [2.05, 4.69) is 15.0 Å². The van der Waals surface area contributed by atoms with Gasteiger partial charge in [-0.3, -0.25) is 14.6 Å². The summed E-state index contributed by atoms with van der Waals surface area (Å²) in [7, 11) is 0. The van der Waals surface area contributed by atoms with Gasteiger partial charge in [0, 0.05) is 74.5 Å². The molecular weight excluding hydrogens is 623 g/mol. The van der Waals surface area contributed by atoms with Crippen molar-refractivity contribution in [2.24, 2.45) is 5.16 Å². The summed E-state index contributed by atoms with van der Waals surface area (Å²) in [5.41, 5.74) is -1.89. The van der Waals surface area contributed by atoms with Crippen molar-refractivity contribution in [3.8, 4) is 0 Å². The third-order valence-corrected chi connectivity index (χ3v) is 8.12. The van der Waals surface area contributed by atoms with Crippen molar-refractivity contribution in [2.45, 2.75) is 31.7 Å². The van der Waals surface area contributed by atoms with Crippen LogP contribution in [0.25, 0.3) is 10.9 Å². The normalized spacial score (nSPS) is 19.2. The fourth-order valence-corrected chi connectivity index (χ4v) is 5.83. The van der Waals surface area contributed by atoms with E-state index in [0.29, 0.717) is 67.2 Å². The number of alkyl halides is 6. The van der Waals surface area contributed by atoms with Gasteiger partial charge in [-0.05, 0) is 55.3 Å². The number of carbonyl (C=O) groups is 1. The lowest BCUT2D eigenvalue weighted by Crippen LogP contribution is -2.56. The quantitative estimate of drug-likeness (QED) is 0.144. The zero-order chi connectivity index (χ0) is 33.1. The molecule has 1 atom stereocenters. The van der Waals surface area contributed by atoms with E-state index >= 15 is 0 Å². The second kappa shape index (κ2) is 14.0. The minimum absolute atomic E-state index is 0.00216. The Labute approximate surface area is 260 Å². The topological polar surface area (TPSA) is 73.4 Å². The zero-order valence-corrected chi connectivity index (χ0v) is 25.1. The molecule has 8 nitrogen and oxygen atoms in total. The van der Waals surface area contributed by atoms with Crippen LogP contribution in [0.3, 0.4) is 0 Å². The second-order valence-corrected chi connectivity index (χ2v) is 11.5. The summed E-state index contributed by atoms with van der Waals surface area (Å²) >= 11 is 0. The number of rotatable bonds is 9. The number of aromatic amines is 1. The molecular formula is C31H34F7N5O3. The lowest BCUT2D eigenvalue weighted by atomic mass is 9.98. The molecule has 2 aliphatic rings. The highest BCUT2D eigenvalue weighted by Gasteiger charge is 2.39. The fourth-order valence-electron chi connectivity index (χ4n) is 5.83. The lowest BCUT2D eigenvalue weighted by molar-refractivity contribution is -0.143. The monoisotopic (exact) mass is 657 g/mol. The van der Waals surface area contributed by atoms with Crippen molar-refractivity contribution < 1.29 is 45.1 Å². The van der Waals surface area contributed by atoms with E-state index in [1.54, 1.807) is 19.2 Å². The van der Waals surface area contributed by atoms with Gasteiger partial charge in [-0.15, -0.1) is 0 Å². The molecule has 0 bridgehead atoms. The smallest absolute Gasteiger partial charge is 0.394 e. The molecule has 1 N–H and O–H groups in total. The molecule has 250 valence electrons. The highest BCUT2D eigenvalue weighted by Crippen LogP contribution is 2.37. The Morgan fingerprint density at radius 2 is 1.67 bits per heavy atom. The summed E-state index contributed by atoms with van der Waals surface area (Å²) in [6.45, 7) is 6.75. The molecule has 0 radical (unpaired) electrons. The summed E-state index contributed by atoms with van der Waals surface area (Å²) < 4.78 is 101. The van der Waals surface area contributed by atoms with Gasteiger partial charge in [0.25, 0.3) is 5.91 Å². The first-order chi connectivity index (χ1) is 21.8. The summed E-state index contributed by atoms with van der Waals surface area (Å²) in [6.07, 6.45) is -8.36. The van der Waals surface area contributed by atoms with E-state index in [1.165, 1.54) is 17.0 Å². The van der Waals surface area contributed by atoms with Crippen LogP contribution < -0.4 is 0 Å². The molecule has 3 heterocycles.